The fourth-order valence-electron chi connectivity index (χ4n) is 3.84. The molecule has 0 radical (unpaired) electrons. The quantitative estimate of drug-likeness (QED) is 0.791. The van der Waals surface area contributed by atoms with Crippen LogP contribution in [0.4, 0.5) is 15.0 Å². The van der Waals surface area contributed by atoms with E-state index in [9.17, 15) is 9.18 Å². The van der Waals surface area contributed by atoms with Crippen molar-refractivity contribution in [2.24, 2.45) is 0 Å². The van der Waals surface area contributed by atoms with Gasteiger partial charge < -0.3 is 19.4 Å². The van der Waals surface area contributed by atoms with Crippen LogP contribution < -0.4 is 4.90 Å². The van der Waals surface area contributed by atoms with Crippen molar-refractivity contribution < 1.29 is 13.9 Å². The Morgan fingerprint density at radius 1 is 1.21 bits per heavy atom. The lowest BCUT2D eigenvalue weighted by atomic mass is 10.0. The predicted molar refractivity (Wildman–Crippen MR) is 107 cm³/mol. The van der Waals surface area contributed by atoms with Gasteiger partial charge in [-0.25, -0.2) is 19.2 Å². The Bertz CT molecular complexity index is 899. The molecular weight excluding hydrogens is 373 g/mol. The molecule has 0 unspecified atom stereocenters. The van der Waals surface area contributed by atoms with E-state index >= 15 is 0 Å². The van der Waals surface area contributed by atoms with E-state index in [4.69, 9.17) is 14.7 Å². The summed E-state index contributed by atoms with van der Waals surface area (Å²) in [6.45, 7) is 3.94. The molecule has 2 aromatic rings. The lowest BCUT2D eigenvalue weighted by Crippen LogP contribution is -2.44. The number of halogens is 1. The molecule has 1 aromatic carbocycles. The second kappa shape index (κ2) is 8.32. The molecule has 4 rings (SSSR count). The molecule has 154 valence electrons. The minimum absolute atomic E-state index is 0.00702. The molecule has 2 amide bonds. The average molecular weight is 399 g/mol. The first-order chi connectivity index (χ1) is 14.0. The largest absolute Gasteiger partial charge is 0.378 e. The fourth-order valence-corrected chi connectivity index (χ4v) is 3.84. The van der Waals surface area contributed by atoms with E-state index < -0.39 is 0 Å². The summed E-state index contributed by atoms with van der Waals surface area (Å²) in [6, 6.07) is 6.54. The third kappa shape index (κ3) is 4.32. The fraction of sp³-hybridized carbons (Fsp3) is 0.476. The van der Waals surface area contributed by atoms with Crippen molar-refractivity contribution in [1.82, 2.24) is 19.8 Å². The van der Waals surface area contributed by atoms with Crippen LogP contribution in [0.3, 0.4) is 0 Å². The maximum Gasteiger partial charge on any atom is 0.319 e. The van der Waals surface area contributed by atoms with Crippen LogP contribution in [-0.2, 0) is 24.1 Å². The summed E-state index contributed by atoms with van der Waals surface area (Å²) >= 11 is 0. The number of rotatable bonds is 3. The van der Waals surface area contributed by atoms with Crippen molar-refractivity contribution in [2.45, 2.75) is 19.4 Å². The van der Waals surface area contributed by atoms with Gasteiger partial charge in [0, 0.05) is 52.1 Å². The zero-order chi connectivity index (χ0) is 20.4. The summed E-state index contributed by atoms with van der Waals surface area (Å²) in [5.41, 5.74) is 2.84. The Labute approximate surface area is 170 Å². The Morgan fingerprint density at radius 3 is 2.72 bits per heavy atom. The van der Waals surface area contributed by atoms with Gasteiger partial charge in [0.25, 0.3) is 0 Å². The molecule has 8 heteroatoms. The monoisotopic (exact) mass is 399 g/mol. The average Bonchev–Trinajstić information content (AvgIpc) is 2.73. The first-order valence-electron chi connectivity index (χ1n) is 9.93. The van der Waals surface area contributed by atoms with E-state index in [-0.39, 0.29) is 11.8 Å². The van der Waals surface area contributed by atoms with Gasteiger partial charge in [-0.15, -0.1) is 0 Å². The van der Waals surface area contributed by atoms with Crippen LogP contribution in [0, 0.1) is 5.82 Å². The second-order valence-corrected chi connectivity index (χ2v) is 7.64. The molecule has 0 aliphatic carbocycles. The Balaban J connectivity index is 1.68. The number of carbonyl (C=O) groups is 1. The molecule has 1 saturated heterocycles. The third-order valence-corrected chi connectivity index (χ3v) is 5.30. The second-order valence-electron chi connectivity index (χ2n) is 7.64. The summed E-state index contributed by atoms with van der Waals surface area (Å²) in [5.74, 6) is 1.30. The molecule has 29 heavy (non-hydrogen) atoms. The van der Waals surface area contributed by atoms with Gasteiger partial charge in [0.15, 0.2) is 0 Å². The van der Waals surface area contributed by atoms with E-state index in [1.54, 1.807) is 25.1 Å². The van der Waals surface area contributed by atoms with Crippen LogP contribution in [0.2, 0.25) is 0 Å². The Kier molecular flexibility index (Phi) is 5.62. The molecule has 0 spiro atoms. The predicted octanol–water partition coefficient (Wildman–Crippen LogP) is 2.08. The summed E-state index contributed by atoms with van der Waals surface area (Å²) in [4.78, 5) is 27.8. The molecule has 2 aliphatic heterocycles. The highest BCUT2D eigenvalue weighted by Crippen LogP contribution is 2.28. The lowest BCUT2D eigenvalue weighted by molar-refractivity contribution is 0.122. The number of urea groups is 1. The molecule has 0 N–H and O–H groups in total. The molecule has 0 bridgehead atoms. The highest BCUT2D eigenvalue weighted by atomic mass is 19.1. The van der Waals surface area contributed by atoms with E-state index in [0.29, 0.717) is 45.0 Å². The third-order valence-electron chi connectivity index (χ3n) is 5.30. The van der Waals surface area contributed by atoms with E-state index in [1.165, 1.54) is 12.1 Å². The van der Waals surface area contributed by atoms with E-state index in [0.717, 1.165) is 35.7 Å². The van der Waals surface area contributed by atoms with Crippen LogP contribution >= 0.6 is 0 Å². The summed E-state index contributed by atoms with van der Waals surface area (Å²) in [7, 11) is 3.53. The molecular formula is C21H26FN5O2. The standard InChI is InChI=1S/C21H26FN5O2/c1-25(2)21(28)27-7-6-18-17(14-27)20(26-8-10-29-11-9-26)24-19(23-18)13-15-4-3-5-16(22)12-15/h3-5,12H,6-11,13-14H2,1-2H3. The molecule has 0 saturated carbocycles. The van der Waals surface area contributed by atoms with Gasteiger partial charge in [0.05, 0.1) is 25.5 Å². The smallest absolute Gasteiger partial charge is 0.319 e. The number of ether oxygens (including phenoxy) is 1. The summed E-state index contributed by atoms with van der Waals surface area (Å²) < 4.78 is 19.1. The number of nitrogens with zero attached hydrogens (tertiary/aromatic N) is 5. The first-order valence-corrected chi connectivity index (χ1v) is 9.93. The number of carbonyl (C=O) groups excluding carboxylic acids is 1. The van der Waals surface area contributed by atoms with E-state index in [2.05, 4.69) is 4.90 Å². The summed E-state index contributed by atoms with van der Waals surface area (Å²) in [6.07, 6.45) is 1.16. The number of amides is 2. The SMILES string of the molecule is CN(C)C(=O)N1CCc2nc(Cc3cccc(F)c3)nc(N3CCOCC3)c2C1. The maximum absolute atomic E-state index is 13.6. The van der Waals surface area contributed by atoms with Crippen LogP contribution in [0.5, 0.6) is 0 Å². The van der Waals surface area contributed by atoms with Gasteiger partial charge >= 0.3 is 6.03 Å². The highest BCUT2D eigenvalue weighted by molar-refractivity contribution is 5.74. The minimum Gasteiger partial charge on any atom is -0.378 e. The molecule has 2 aliphatic rings. The number of hydrogen-bond acceptors (Lipinski definition) is 5. The van der Waals surface area contributed by atoms with Gasteiger partial charge in [0.2, 0.25) is 0 Å². The normalized spacial score (nSPS) is 16.5. The number of anilines is 1. The zero-order valence-electron chi connectivity index (χ0n) is 16.9. The molecule has 7 nitrogen and oxygen atoms in total. The molecule has 3 heterocycles. The van der Waals surface area contributed by atoms with Crippen LogP contribution in [0.25, 0.3) is 0 Å². The number of morpholine rings is 1. The van der Waals surface area contributed by atoms with Crippen molar-refractivity contribution in [1.29, 1.82) is 0 Å². The Morgan fingerprint density at radius 2 is 2.00 bits per heavy atom. The highest BCUT2D eigenvalue weighted by Gasteiger charge is 2.28. The van der Waals surface area contributed by atoms with Crippen molar-refractivity contribution in [3.05, 3.63) is 52.7 Å². The maximum atomic E-state index is 13.6. The van der Waals surface area contributed by atoms with Crippen LogP contribution in [0.15, 0.2) is 24.3 Å². The van der Waals surface area contributed by atoms with Gasteiger partial charge in [-0.2, -0.15) is 0 Å². The van der Waals surface area contributed by atoms with Gasteiger partial charge in [-0.3, -0.25) is 0 Å². The van der Waals surface area contributed by atoms with Crippen molar-refractivity contribution >= 4 is 11.8 Å². The summed E-state index contributed by atoms with van der Waals surface area (Å²) in [5, 5.41) is 0. The van der Waals surface area contributed by atoms with E-state index in [1.807, 2.05) is 11.0 Å². The number of benzene rings is 1. The number of aromatic nitrogens is 2. The van der Waals surface area contributed by atoms with Gasteiger partial charge in [-0.1, -0.05) is 12.1 Å². The zero-order valence-corrected chi connectivity index (χ0v) is 16.9. The number of fused-ring (bicyclic) bond motifs is 1. The Hall–Kier alpha value is -2.74. The van der Waals surface area contributed by atoms with Gasteiger partial charge in [0.1, 0.15) is 17.5 Å². The number of hydrogen-bond donors (Lipinski definition) is 0. The van der Waals surface area contributed by atoms with Crippen molar-refractivity contribution in [2.75, 3.05) is 51.8 Å². The van der Waals surface area contributed by atoms with Crippen molar-refractivity contribution in [3.63, 3.8) is 0 Å². The topological polar surface area (TPSA) is 61.8 Å². The van der Waals surface area contributed by atoms with Crippen molar-refractivity contribution in [3.8, 4) is 0 Å². The first kappa shape index (κ1) is 19.6. The minimum atomic E-state index is -0.258. The molecule has 0 atom stereocenters. The van der Waals surface area contributed by atoms with Crippen LogP contribution in [-0.4, -0.2) is 72.7 Å². The van der Waals surface area contributed by atoms with Gasteiger partial charge in [-0.05, 0) is 17.7 Å². The molecule has 1 aromatic heterocycles. The lowest BCUT2D eigenvalue weighted by Gasteiger charge is -2.35. The van der Waals surface area contributed by atoms with Crippen LogP contribution in [0.1, 0.15) is 22.6 Å². The molecule has 1 fully saturated rings.